The third kappa shape index (κ3) is 3.83. The number of aromatic nitrogens is 2. The molecule has 1 aromatic heterocycles. The van der Waals surface area contributed by atoms with Crippen LogP contribution in [0.15, 0.2) is 12.4 Å². The molecule has 0 radical (unpaired) electrons. The zero-order valence-electron chi connectivity index (χ0n) is 9.75. The lowest BCUT2D eigenvalue weighted by atomic mass is 9.94. The Labute approximate surface area is 91.3 Å². The van der Waals surface area contributed by atoms with Crippen molar-refractivity contribution >= 4 is 5.95 Å². The Bertz CT molecular complexity index is 292. The van der Waals surface area contributed by atoms with Gasteiger partial charge >= 0.3 is 0 Å². The summed E-state index contributed by atoms with van der Waals surface area (Å²) in [6.45, 7) is 7.74. The molecule has 4 heteroatoms. The molecule has 0 saturated heterocycles. The number of anilines is 1. The molecular formula is C11H20N4. The van der Waals surface area contributed by atoms with Gasteiger partial charge in [0.15, 0.2) is 0 Å². The minimum atomic E-state index is 0.0762. The first-order valence-electron chi connectivity index (χ1n) is 5.32. The van der Waals surface area contributed by atoms with Crippen molar-refractivity contribution in [1.82, 2.24) is 9.97 Å². The lowest BCUT2D eigenvalue weighted by Crippen LogP contribution is -2.31. The molecule has 15 heavy (non-hydrogen) atoms. The van der Waals surface area contributed by atoms with Crippen LogP contribution in [0.5, 0.6) is 0 Å². The summed E-state index contributed by atoms with van der Waals surface area (Å²) < 4.78 is 0. The fourth-order valence-corrected chi connectivity index (χ4v) is 1.02. The van der Waals surface area contributed by atoms with Crippen LogP contribution in [0.3, 0.4) is 0 Å². The van der Waals surface area contributed by atoms with Crippen LogP contribution in [-0.4, -0.2) is 23.1 Å². The zero-order chi connectivity index (χ0) is 11.3. The molecule has 0 aliphatic heterocycles. The molecule has 0 saturated carbocycles. The lowest BCUT2D eigenvalue weighted by Gasteiger charge is -2.22. The standard InChI is InChI=1S/C11H20N4/c1-4-9-5-13-10(14-6-9)15-8-11(2,3)7-12/h5-6H,4,7-8,12H2,1-3H3,(H,13,14,15). The van der Waals surface area contributed by atoms with Crippen molar-refractivity contribution in [2.24, 2.45) is 11.1 Å². The summed E-state index contributed by atoms with van der Waals surface area (Å²) in [4.78, 5) is 8.45. The van der Waals surface area contributed by atoms with Gasteiger partial charge in [-0.15, -0.1) is 0 Å². The van der Waals surface area contributed by atoms with E-state index in [4.69, 9.17) is 5.73 Å². The Hall–Kier alpha value is -1.16. The van der Waals surface area contributed by atoms with Crippen molar-refractivity contribution < 1.29 is 0 Å². The molecule has 0 spiro atoms. The summed E-state index contributed by atoms with van der Waals surface area (Å²) in [5.74, 6) is 0.675. The van der Waals surface area contributed by atoms with Crippen molar-refractivity contribution in [2.75, 3.05) is 18.4 Å². The zero-order valence-corrected chi connectivity index (χ0v) is 9.75. The second kappa shape index (κ2) is 5.07. The number of hydrogen-bond acceptors (Lipinski definition) is 4. The molecule has 0 amide bonds. The van der Waals surface area contributed by atoms with Crippen LogP contribution in [-0.2, 0) is 6.42 Å². The van der Waals surface area contributed by atoms with E-state index in [0.717, 1.165) is 18.5 Å². The van der Waals surface area contributed by atoms with Gasteiger partial charge in [0, 0.05) is 18.9 Å². The van der Waals surface area contributed by atoms with Crippen molar-refractivity contribution in [3.63, 3.8) is 0 Å². The van der Waals surface area contributed by atoms with Crippen LogP contribution < -0.4 is 11.1 Å². The first-order valence-corrected chi connectivity index (χ1v) is 5.32. The van der Waals surface area contributed by atoms with Gasteiger partial charge < -0.3 is 11.1 Å². The SMILES string of the molecule is CCc1cnc(NCC(C)(C)CN)nc1. The maximum atomic E-state index is 5.64. The van der Waals surface area contributed by atoms with Gasteiger partial charge in [-0.3, -0.25) is 0 Å². The molecule has 0 fully saturated rings. The van der Waals surface area contributed by atoms with Crippen molar-refractivity contribution in [3.05, 3.63) is 18.0 Å². The van der Waals surface area contributed by atoms with Crippen molar-refractivity contribution in [1.29, 1.82) is 0 Å². The summed E-state index contributed by atoms with van der Waals surface area (Å²) in [6, 6.07) is 0. The monoisotopic (exact) mass is 208 g/mol. The third-order valence-electron chi connectivity index (χ3n) is 2.39. The summed E-state index contributed by atoms with van der Waals surface area (Å²) in [7, 11) is 0. The van der Waals surface area contributed by atoms with Gasteiger partial charge in [0.2, 0.25) is 5.95 Å². The van der Waals surface area contributed by atoms with Gasteiger partial charge in [0.25, 0.3) is 0 Å². The summed E-state index contributed by atoms with van der Waals surface area (Å²) in [5, 5.41) is 3.18. The Kier molecular flexibility index (Phi) is 4.03. The molecule has 1 rings (SSSR count). The predicted molar refractivity (Wildman–Crippen MR) is 62.7 cm³/mol. The van der Waals surface area contributed by atoms with E-state index >= 15 is 0 Å². The number of rotatable bonds is 5. The van der Waals surface area contributed by atoms with Gasteiger partial charge in [0.05, 0.1) is 0 Å². The van der Waals surface area contributed by atoms with Crippen LogP contribution in [0.4, 0.5) is 5.95 Å². The molecule has 4 nitrogen and oxygen atoms in total. The molecule has 0 bridgehead atoms. The minimum Gasteiger partial charge on any atom is -0.354 e. The van der Waals surface area contributed by atoms with Gasteiger partial charge in [-0.25, -0.2) is 9.97 Å². The van der Waals surface area contributed by atoms with Crippen molar-refractivity contribution in [2.45, 2.75) is 27.2 Å². The smallest absolute Gasteiger partial charge is 0.222 e. The Balaban J connectivity index is 2.51. The van der Waals surface area contributed by atoms with Gasteiger partial charge in [-0.1, -0.05) is 20.8 Å². The topological polar surface area (TPSA) is 63.8 Å². The van der Waals surface area contributed by atoms with Crippen LogP contribution >= 0.6 is 0 Å². The molecule has 0 atom stereocenters. The van der Waals surface area contributed by atoms with Crippen molar-refractivity contribution in [3.8, 4) is 0 Å². The maximum absolute atomic E-state index is 5.64. The quantitative estimate of drug-likeness (QED) is 0.768. The number of hydrogen-bond donors (Lipinski definition) is 2. The summed E-state index contributed by atoms with van der Waals surface area (Å²) >= 11 is 0. The van der Waals surface area contributed by atoms with E-state index in [1.165, 1.54) is 0 Å². The highest BCUT2D eigenvalue weighted by atomic mass is 15.1. The Morgan fingerprint density at radius 2 is 1.93 bits per heavy atom. The number of nitrogens with one attached hydrogen (secondary N) is 1. The average Bonchev–Trinajstić information content (AvgIpc) is 2.27. The Morgan fingerprint density at radius 1 is 1.33 bits per heavy atom. The summed E-state index contributed by atoms with van der Waals surface area (Å²) in [5.41, 5.74) is 6.86. The number of nitrogens with zero attached hydrogens (tertiary/aromatic N) is 2. The van der Waals surface area contributed by atoms with E-state index in [1.807, 2.05) is 12.4 Å². The van der Waals surface area contributed by atoms with Crippen LogP contribution in [0.25, 0.3) is 0 Å². The first-order chi connectivity index (χ1) is 7.07. The van der Waals surface area contributed by atoms with Gasteiger partial charge in [-0.2, -0.15) is 0 Å². The van der Waals surface area contributed by atoms with E-state index < -0.39 is 0 Å². The molecule has 0 aromatic carbocycles. The Morgan fingerprint density at radius 3 is 2.40 bits per heavy atom. The second-order valence-electron chi connectivity index (χ2n) is 4.49. The highest BCUT2D eigenvalue weighted by molar-refractivity contribution is 5.25. The highest BCUT2D eigenvalue weighted by Gasteiger charge is 2.15. The normalized spacial score (nSPS) is 11.5. The molecule has 0 aliphatic rings. The fraction of sp³-hybridized carbons (Fsp3) is 0.636. The van der Waals surface area contributed by atoms with E-state index in [1.54, 1.807) is 0 Å². The van der Waals surface area contributed by atoms with Crippen LogP contribution in [0, 0.1) is 5.41 Å². The maximum Gasteiger partial charge on any atom is 0.222 e. The molecule has 1 aromatic rings. The average molecular weight is 208 g/mol. The largest absolute Gasteiger partial charge is 0.354 e. The second-order valence-corrected chi connectivity index (χ2v) is 4.49. The van der Waals surface area contributed by atoms with Gasteiger partial charge in [-0.05, 0) is 23.9 Å². The highest BCUT2D eigenvalue weighted by Crippen LogP contribution is 2.12. The van der Waals surface area contributed by atoms with Crippen LogP contribution in [0.1, 0.15) is 26.3 Å². The van der Waals surface area contributed by atoms with E-state index in [2.05, 4.69) is 36.1 Å². The van der Waals surface area contributed by atoms with E-state index in [9.17, 15) is 0 Å². The van der Waals surface area contributed by atoms with Gasteiger partial charge in [0.1, 0.15) is 0 Å². The fourth-order valence-electron chi connectivity index (χ4n) is 1.02. The lowest BCUT2D eigenvalue weighted by molar-refractivity contribution is 0.404. The third-order valence-corrected chi connectivity index (χ3v) is 2.39. The molecule has 3 N–H and O–H groups in total. The number of nitrogens with two attached hydrogens (primary N) is 1. The molecule has 1 heterocycles. The molecular weight excluding hydrogens is 188 g/mol. The molecule has 0 aliphatic carbocycles. The molecule has 84 valence electrons. The summed E-state index contributed by atoms with van der Waals surface area (Å²) in [6.07, 6.45) is 4.67. The van der Waals surface area contributed by atoms with Crippen LogP contribution in [0.2, 0.25) is 0 Å². The van der Waals surface area contributed by atoms with E-state index in [0.29, 0.717) is 12.5 Å². The predicted octanol–water partition coefficient (Wildman–Crippen LogP) is 1.44. The number of aryl methyl sites for hydroxylation is 1. The first kappa shape index (κ1) is 11.9. The minimum absolute atomic E-state index is 0.0762. The van der Waals surface area contributed by atoms with E-state index in [-0.39, 0.29) is 5.41 Å². The molecule has 0 unspecified atom stereocenters.